The van der Waals surface area contributed by atoms with E-state index in [1.807, 2.05) is 0 Å². The lowest BCUT2D eigenvalue weighted by atomic mass is 9.82. The lowest BCUT2D eigenvalue weighted by molar-refractivity contribution is -0.175. The van der Waals surface area contributed by atoms with Crippen LogP contribution < -0.4 is 11.1 Å². The Bertz CT molecular complexity index is 544. The predicted molar refractivity (Wildman–Crippen MR) is 84.9 cm³/mol. The molecule has 3 atom stereocenters. The van der Waals surface area contributed by atoms with Gasteiger partial charge in [-0.05, 0) is 27.7 Å². The Hall–Kier alpha value is -1.87. The molecule has 4 N–H and O–H groups in total. The van der Waals surface area contributed by atoms with Crippen LogP contribution in [0.15, 0.2) is 0 Å². The van der Waals surface area contributed by atoms with Crippen LogP contribution in [0, 0.1) is 0 Å². The summed E-state index contributed by atoms with van der Waals surface area (Å²) in [5.74, 6) is -1.19. The molecular weight excluding hydrogens is 316 g/mol. The van der Waals surface area contributed by atoms with Crippen molar-refractivity contribution >= 4 is 17.9 Å². The van der Waals surface area contributed by atoms with Crippen molar-refractivity contribution in [3.05, 3.63) is 0 Å². The molecule has 3 amide bonds. The SMILES string of the molecule is C[C@@H](O)[C@@H](C(N)=O)N1CC2(CNCCN2C(=O)OC(C)(C)C)C1=O. The van der Waals surface area contributed by atoms with Crippen LogP contribution in [0.3, 0.4) is 0 Å². The molecule has 136 valence electrons. The Balaban J connectivity index is 2.20. The van der Waals surface area contributed by atoms with Crippen LogP contribution in [0.4, 0.5) is 4.79 Å². The lowest BCUT2D eigenvalue weighted by Crippen LogP contribution is -2.83. The van der Waals surface area contributed by atoms with Crippen LogP contribution in [0.5, 0.6) is 0 Å². The Labute approximate surface area is 141 Å². The second-order valence-electron chi connectivity index (χ2n) is 7.36. The number of primary amides is 1. The van der Waals surface area contributed by atoms with Crippen LogP contribution in [0.1, 0.15) is 27.7 Å². The number of carbonyl (C=O) groups is 3. The maximum atomic E-state index is 12.8. The number of nitrogens with zero attached hydrogens (tertiary/aromatic N) is 2. The molecule has 0 aromatic heterocycles. The third kappa shape index (κ3) is 3.18. The number of β-lactam (4-membered cyclic amide) rings is 1. The quantitative estimate of drug-likeness (QED) is 0.544. The Morgan fingerprint density at radius 2 is 2.04 bits per heavy atom. The standard InChI is InChI=1S/C15H26N4O5/c1-9(20)10(11(16)21)18-8-15(12(18)22)7-17-5-6-19(15)13(23)24-14(2,3)4/h9-10,17,20H,5-8H2,1-4H3,(H2,16,21)/t9-,10+,15?/m1/s1. The summed E-state index contributed by atoms with van der Waals surface area (Å²) < 4.78 is 5.39. The van der Waals surface area contributed by atoms with Gasteiger partial charge in [-0.25, -0.2) is 4.79 Å². The Kier molecular flexibility index (Phi) is 4.78. The normalized spacial score (nSPS) is 26.8. The van der Waals surface area contributed by atoms with Gasteiger partial charge in [0.1, 0.15) is 11.6 Å². The maximum Gasteiger partial charge on any atom is 0.411 e. The number of aliphatic hydroxyl groups is 1. The molecule has 0 radical (unpaired) electrons. The molecule has 24 heavy (non-hydrogen) atoms. The van der Waals surface area contributed by atoms with Crippen LogP contribution >= 0.6 is 0 Å². The Morgan fingerprint density at radius 3 is 2.50 bits per heavy atom. The van der Waals surface area contributed by atoms with Crippen LogP contribution in [-0.2, 0) is 14.3 Å². The zero-order chi connectivity index (χ0) is 18.3. The fraction of sp³-hybridized carbons (Fsp3) is 0.800. The number of carbonyl (C=O) groups excluding carboxylic acids is 3. The number of rotatable bonds is 3. The van der Waals surface area contributed by atoms with Crippen molar-refractivity contribution in [1.29, 1.82) is 0 Å². The molecule has 2 aliphatic heterocycles. The molecule has 1 spiro atoms. The van der Waals surface area contributed by atoms with Crippen LogP contribution in [0.25, 0.3) is 0 Å². The van der Waals surface area contributed by atoms with Gasteiger partial charge in [0.05, 0.1) is 12.6 Å². The summed E-state index contributed by atoms with van der Waals surface area (Å²) in [6.45, 7) is 7.93. The van der Waals surface area contributed by atoms with E-state index in [-0.39, 0.29) is 13.1 Å². The van der Waals surface area contributed by atoms with E-state index in [4.69, 9.17) is 10.5 Å². The zero-order valence-electron chi connectivity index (χ0n) is 14.5. The van der Waals surface area contributed by atoms with Crippen LogP contribution in [0.2, 0.25) is 0 Å². The minimum Gasteiger partial charge on any atom is -0.444 e. The first-order valence-corrected chi connectivity index (χ1v) is 7.99. The van der Waals surface area contributed by atoms with Gasteiger partial charge in [0.2, 0.25) is 5.91 Å². The summed E-state index contributed by atoms with van der Waals surface area (Å²) in [6.07, 6.45) is -1.65. The molecular formula is C15H26N4O5. The van der Waals surface area contributed by atoms with Crippen LogP contribution in [-0.4, -0.2) is 82.3 Å². The van der Waals surface area contributed by atoms with Gasteiger partial charge in [-0.1, -0.05) is 0 Å². The minimum absolute atomic E-state index is 0.122. The zero-order valence-corrected chi connectivity index (χ0v) is 14.5. The van der Waals surface area contributed by atoms with Gasteiger partial charge >= 0.3 is 6.09 Å². The summed E-state index contributed by atoms with van der Waals surface area (Å²) in [5.41, 5.74) is 3.52. The van der Waals surface area contributed by atoms with Crippen molar-refractivity contribution in [2.75, 3.05) is 26.2 Å². The second kappa shape index (κ2) is 6.21. The molecule has 0 aromatic rings. The third-order valence-corrected chi connectivity index (χ3v) is 4.24. The first-order valence-electron chi connectivity index (χ1n) is 7.99. The number of hydrogen-bond donors (Lipinski definition) is 3. The highest BCUT2D eigenvalue weighted by Crippen LogP contribution is 2.34. The molecule has 0 aliphatic carbocycles. The molecule has 2 saturated heterocycles. The third-order valence-electron chi connectivity index (χ3n) is 4.24. The average molecular weight is 342 g/mol. The van der Waals surface area contributed by atoms with E-state index in [1.165, 1.54) is 16.7 Å². The molecule has 0 aromatic carbocycles. The fourth-order valence-electron chi connectivity index (χ4n) is 3.18. The van der Waals surface area contributed by atoms with E-state index in [1.54, 1.807) is 20.8 Å². The van der Waals surface area contributed by atoms with Crippen molar-refractivity contribution in [2.24, 2.45) is 5.73 Å². The van der Waals surface area contributed by atoms with Crippen molar-refractivity contribution in [3.8, 4) is 0 Å². The molecule has 0 bridgehead atoms. The molecule has 2 rings (SSSR count). The molecule has 9 heteroatoms. The number of aliphatic hydroxyl groups excluding tert-OH is 1. The molecule has 9 nitrogen and oxygen atoms in total. The lowest BCUT2D eigenvalue weighted by Gasteiger charge is -2.57. The fourth-order valence-corrected chi connectivity index (χ4v) is 3.18. The first-order chi connectivity index (χ1) is 11.0. The highest BCUT2D eigenvalue weighted by Gasteiger charge is 2.61. The van der Waals surface area contributed by atoms with Gasteiger partial charge in [-0.15, -0.1) is 0 Å². The molecule has 0 saturated carbocycles. The summed E-state index contributed by atoms with van der Waals surface area (Å²) in [7, 11) is 0. The van der Waals surface area contributed by atoms with Crippen molar-refractivity contribution in [2.45, 2.75) is 51.0 Å². The van der Waals surface area contributed by atoms with Crippen molar-refractivity contribution in [1.82, 2.24) is 15.1 Å². The summed E-state index contributed by atoms with van der Waals surface area (Å²) in [5, 5.41) is 12.8. The first kappa shape index (κ1) is 18.5. The van der Waals surface area contributed by atoms with Crippen molar-refractivity contribution in [3.63, 3.8) is 0 Å². The summed E-state index contributed by atoms with van der Waals surface area (Å²) >= 11 is 0. The van der Waals surface area contributed by atoms with Gasteiger partial charge in [-0.2, -0.15) is 0 Å². The van der Waals surface area contributed by atoms with E-state index < -0.39 is 41.2 Å². The monoisotopic (exact) mass is 342 g/mol. The highest BCUT2D eigenvalue weighted by atomic mass is 16.6. The minimum atomic E-state index is -1.11. The van der Waals surface area contributed by atoms with E-state index in [0.717, 1.165) is 0 Å². The van der Waals surface area contributed by atoms with E-state index in [0.29, 0.717) is 13.1 Å². The number of likely N-dealkylation sites (tertiary alicyclic amines) is 1. The number of nitrogens with two attached hydrogens (primary N) is 1. The summed E-state index contributed by atoms with van der Waals surface area (Å²) in [6, 6.07) is -1.11. The number of nitrogens with one attached hydrogen (secondary N) is 1. The number of piperazine rings is 1. The number of ether oxygens (including phenoxy) is 1. The Morgan fingerprint density at radius 1 is 1.42 bits per heavy atom. The van der Waals surface area contributed by atoms with Gasteiger partial charge < -0.3 is 25.8 Å². The van der Waals surface area contributed by atoms with Gasteiger partial charge in [-0.3, -0.25) is 14.5 Å². The number of amides is 3. The van der Waals surface area contributed by atoms with E-state index in [9.17, 15) is 19.5 Å². The van der Waals surface area contributed by atoms with Gasteiger partial charge in [0, 0.05) is 19.6 Å². The largest absolute Gasteiger partial charge is 0.444 e. The molecule has 1 unspecified atom stereocenters. The van der Waals surface area contributed by atoms with Gasteiger partial charge in [0.25, 0.3) is 5.91 Å². The maximum absolute atomic E-state index is 12.8. The summed E-state index contributed by atoms with van der Waals surface area (Å²) in [4.78, 5) is 39.4. The smallest absolute Gasteiger partial charge is 0.411 e. The number of hydrogen-bond acceptors (Lipinski definition) is 6. The highest BCUT2D eigenvalue weighted by molar-refractivity contribution is 5.99. The molecule has 2 heterocycles. The average Bonchev–Trinajstić information content (AvgIpc) is 2.44. The van der Waals surface area contributed by atoms with E-state index in [2.05, 4.69) is 5.32 Å². The topological polar surface area (TPSA) is 125 Å². The molecule has 2 fully saturated rings. The van der Waals surface area contributed by atoms with Crippen molar-refractivity contribution < 1.29 is 24.2 Å². The molecule has 2 aliphatic rings. The second-order valence-corrected chi connectivity index (χ2v) is 7.36. The van der Waals surface area contributed by atoms with Gasteiger partial charge in [0.15, 0.2) is 5.54 Å². The van der Waals surface area contributed by atoms with E-state index >= 15 is 0 Å². The predicted octanol–water partition coefficient (Wildman–Crippen LogP) is -1.36.